The molecule has 0 saturated carbocycles. The van der Waals surface area contributed by atoms with Gasteiger partial charge in [0.05, 0.1) is 7.11 Å². The first-order valence-corrected chi connectivity index (χ1v) is 10.9. The summed E-state index contributed by atoms with van der Waals surface area (Å²) in [5.41, 5.74) is 2.22. The van der Waals surface area contributed by atoms with E-state index in [1.165, 1.54) is 12.7 Å². The zero-order valence-electron chi connectivity index (χ0n) is 16.0. The number of rotatable bonds is 7. The molecular weight excluding hydrogens is 360 g/mol. The van der Waals surface area contributed by atoms with Crippen LogP contribution >= 0.6 is 0 Å². The standard InChI is InChI=1S/C21H28N2O3S/c1-17-8-9-20(26-2)21(14-17)27(24,25)22-15-18-10-12-23(13-11-18)16-19-6-4-3-5-7-19/h3-9,14,18,22H,10-13,15-16H2,1-2H3. The number of nitrogens with zero attached hydrogens (tertiary/aromatic N) is 1. The normalized spacial score (nSPS) is 16.4. The number of nitrogens with one attached hydrogen (secondary N) is 1. The number of ether oxygens (including phenoxy) is 1. The van der Waals surface area contributed by atoms with Gasteiger partial charge in [-0.1, -0.05) is 36.4 Å². The summed E-state index contributed by atoms with van der Waals surface area (Å²) >= 11 is 0. The van der Waals surface area contributed by atoms with Crippen LogP contribution in [-0.4, -0.2) is 40.1 Å². The maximum atomic E-state index is 12.7. The Morgan fingerprint density at radius 2 is 1.81 bits per heavy atom. The van der Waals surface area contributed by atoms with Gasteiger partial charge in [0.1, 0.15) is 10.6 Å². The Labute approximate surface area is 162 Å². The second kappa shape index (κ2) is 8.87. The maximum absolute atomic E-state index is 12.7. The van der Waals surface area contributed by atoms with Crippen molar-refractivity contribution in [1.82, 2.24) is 9.62 Å². The van der Waals surface area contributed by atoms with Crippen molar-refractivity contribution in [3.8, 4) is 5.75 Å². The Hall–Kier alpha value is -1.89. The molecule has 0 unspecified atom stereocenters. The molecular formula is C21H28N2O3S. The number of aryl methyl sites for hydroxylation is 1. The molecule has 1 saturated heterocycles. The fourth-order valence-electron chi connectivity index (χ4n) is 3.49. The molecule has 6 heteroatoms. The quantitative estimate of drug-likeness (QED) is 0.791. The van der Waals surface area contributed by atoms with Gasteiger partial charge in [0.2, 0.25) is 10.0 Å². The molecule has 146 valence electrons. The van der Waals surface area contributed by atoms with Gasteiger partial charge in [0.25, 0.3) is 0 Å². The minimum Gasteiger partial charge on any atom is -0.495 e. The number of benzene rings is 2. The predicted molar refractivity (Wildman–Crippen MR) is 107 cm³/mol. The lowest BCUT2D eigenvalue weighted by Gasteiger charge is -2.32. The topological polar surface area (TPSA) is 58.6 Å². The highest BCUT2D eigenvalue weighted by molar-refractivity contribution is 7.89. The van der Waals surface area contributed by atoms with Crippen LogP contribution in [0.1, 0.15) is 24.0 Å². The molecule has 1 heterocycles. The predicted octanol–water partition coefficient (Wildman–Crippen LogP) is 3.19. The number of hydrogen-bond acceptors (Lipinski definition) is 4. The van der Waals surface area contributed by atoms with E-state index in [9.17, 15) is 8.42 Å². The Morgan fingerprint density at radius 3 is 2.48 bits per heavy atom. The monoisotopic (exact) mass is 388 g/mol. The summed E-state index contributed by atoms with van der Waals surface area (Å²) in [6.45, 7) is 5.30. The van der Waals surface area contributed by atoms with Gasteiger partial charge in [-0.3, -0.25) is 4.90 Å². The molecule has 1 aliphatic heterocycles. The smallest absolute Gasteiger partial charge is 0.244 e. The van der Waals surface area contributed by atoms with Crippen molar-refractivity contribution in [3.05, 3.63) is 59.7 Å². The van der Waals surface area contributed by atoms with Crippen molar-refractivity contribution in [2.75, 3.05) is 26.7 Å². The fourth-order valence-corrected chi connectivity index (χ4v) is 4.86. The second-order valence-corrected chi connectivity index (χ2v) is 8.95. The number of sulfonamides is 1. The number of likely N-dealkylation sites (tertiary alicyclic amines) is 1. The van der Waals surface area contributed by atoms with Gasteiger partial charge in [-0.25, -0.2) is 13.1 Å². The summed E-state index contributed by atoms with van der Waals surface area (Å²) in [7, 11) is -2.08. The van der Waals surface area contributed by atoms with Gasteiger partial charge in [0, 0.05) is 13.1 Å². The van der Waals surface area contributed by atoms with Crippen molar-refractivity contribution in [2.45, 2.75) is 31.2 Å². The summed E-state index contributed by atoms with van der Waals surface area (Å²) in [6, 6.07) is 15.7. The third-order valence-corrected chi connectivity index (χ3v) is 6.57. The summed E-state index contributed by atoms with van der Waals surface area (Å²) in [5, 5.41) is 0. The first-order valence-electron chi connectivity index (χ1n) is 9.38. The van der Waals surface area contributed by atoms with Crippen LogP contribution in [0.15, 0.2) is 53.4 Å². The third kappa shape index (κ3) is 5.31. The van der Waals surface area contributed by atoms with E-state index < -0.39 is 10.0 Å². The number of piperidine rings is 1. The highest BCUT2D eigenvalue weighted by atomic mass is 32.2. The van der Waals surface area contributed by atoms with Crippen LogP contribution < -0.4 is 9.46 Å². The largest absolute Gasteiger partial charge is 0.495 e. The van der Waals surface area contributed by atoms with Crippen LogP contribution in [0.25, 0.3) is 0 Å². The fraction of sp³-hybridized carbons (Fsp3) is 0.429. The molecule has 0 bridgehead atoms. The zero-order valence-corrected chi connectivity index (χ0v) is 16.8. The summed E-state index contributed by atoms with van der Waals surface area (Å²) in [6.07, 6.45) is 2.00. The van der Waals surface area contributed by atoms with Crippen LogP contribution in [-0.2, 0) is 16.6 Å². The van der Waals surface area contributed by atoms with Crippen LogP contribution in [0.2, 0.25) is 0 Å². The molecule has 5 nitrogen and oxygen atoms in total. The molecule has 1 fully saturated rings. The van der Waals surface area contributed by atoms with Gasteiger partial charge in [-0.15, -0.1) is 0 Å². The molecule has 2 aromatic rings. The third-order valence-electron chi connectivity index (χ3n) is 5.13. The second-order valence-electron chi connectivity index (χ2n) is 7.21. The molecule has 1 N–H and O–H groups in total. The van der Waals surface area contributed by atoms with Gasteiger partial charge in [-0.2, -0.15) is 0 Å². The van der Waals surface area contributed by atoms with E-state index in [1.807, 2.05) is 19.1 Å². The maximum Gasteiger partial charge on any atom is 0.244 e. The van der Waals surface area contributed by atoms with Crippen LogP contribution in [0.4, 0.5) is 0 Å². The van der Waals surface area contributed by atoms with E-state index in [-0.39, 0.29) is 4.90 Å². The minimum atomic E-state index is -3.58. The number of methoxy groups -OCH3 is 1. The SMILES string of the molecule is COc1ccc(C)cc1S(=O)(=O)NCC1CCN(Cc2ccccc2)CC1. The molecule has 0 amide bonds. The zero-order chi connectivity index (χ0) is 19.3. The van der Waals surface area contributed by atoms with E-state index in [0.29, 0.717) is 18.2 Å². The van der Waals surface area contributed by atoms with Crippen molar-refractivity contribution in [3.63, 3.8) is 0 Å². The molecule has 3 rings (SSSR count). The van der Waals surface area contributed by atoms with Crippen molar-refractivity contribution in [2.24, 2.45) is 5.92 Å². The first kappa shape index (κ1) is 19.9. The van der Waals surface area contributed by atoms with Gasteiger partial charge < -0.3 is 4.74 Å². The van der Waals surface area contributed by atoms with E-state index >= 15 is 0 Å². The molecule has 1 aliphatic rings. The summed E-state index contributed by atoms with van der Waals surface area (Å²) in [4.78, 5) is 2.65. The van der Waals surface area contributed by atoms with E-state index in [0.717, 1.165) is 38.0 Å². The Bertz CT molecular complexity index is 845. The summed E-state index contributed by atoms with van der Waals surface area (Å²) < 4.78 is 33.4. The van der Waals surface area contributed by atoms with Crippen molar-refractivity contribution < 1.29 is 13.2 Å². The lowest BCUT2D eigenvalue weighted by atomic mass is 9.97. The molecule has 0 aliphatic carbocycles. The van der Waals surface area contributed by atoms with Crippen LogP contribution in [0.3, 0.4) is 0 Å². The number of hydrogen-bond donors (Lipinski definition) is 1. The van der Waals surface area contributed by atoms with Crippen LogP contribution in [0, 0.1) is 12.8 Å². The van der Waals surface area contributed by atoms with Crippen molar-refractivity contribution >= 4 is 10.0 Å². The Morgan fingerprint density at radius 1 is 1.11 bits per heavy atom. The molecule has 0 radical (unpaired) electrons. The Balaban J connectivity index is 1.53. The molecule has 0 spiro atoms. The molecule has 0 aromatic heterocycles. The Kier molecular flexibility index (Phi) is 6.52. The molecule has 0 atom stereocenters. The summed E-state index contributed by atoms with van der Waals surface area (Å²) in [5.74, 6) is 0.744. The highest BCUT2D eigenvalue weighted by Gasteiger charge is 2.24. The lowest BCUT2D eigenvalue weighted by Crippen LogP contribution is -2.38. The minimum absolute atomic E-state index is 0.214. The molecule has 27 heavy (non-hydrogen) atoms. The highest BCUT2D eigenvalue weighted by Crippen LogP contribution is 2.25. The van der Waals surface area contributed by atoms with E-state index in [4.69, 9.17) is 4.74 Å². The van der Waals surface area contributed by atoms with Crippen molar-refractivity contribution in [1.29, 1.82) is 0 Å². The average Bonchev–Trinajstić information content (AvgIpc) is 2.68. The van der Waals surface area contributed by atoms with Gasteiger partial charge in [0.15, 0.2) is 0 Å². The van der Waals surface area contributed by atoms with E-state index in [2.05, 4.69) is 33.9 Å². The average molecular weight is 389 g/mol. The van der Waals surface area contributed by atoms with Gasteiger partial charge >= 0.3 is 0 Å². The van der Waals surface area contributed by atoms with E-state index in [1.54, 1.807) is 12.1 Å². The molecule has 2 aromatic carbocycles. The van der Waals surface area contributed by atoms with Gasteiger partial charge in [-0.05, 0) is 62.0 Å². The first-order chi connectivity index (χ1) is 13.0. The van der Waals surface area contributed by atoms with Crippen LogP contribution in [0.5, 0.6) is 5.75 Å². The lowest BCUT2D eigenvalue weighted by molar-refractivity contribution is 0.178.